The summed E-state index contributed by atoms with van der Waals surface area (Å²) in [5.74, 6) is -2.43. The average Bonchev–Trinajstić information content (AvgIpc) is 2.46. The molecule has 22 heavy (non-hydrogen) atoms. The number of carbonyl (C=O) groups is 3. The van der Waals surface area contributed by atoms with Gasteiger partial charge in [-0.2, -0.15) is 0 Å². The number of carbonyl (C=O) groups excluding carboxylic acids is 3. The molecule has 5 heteroatoms. The summed E-state index contributed by atoms with van der Waals surface area (Å²) in [5.41, 5.74) is 0.764. The maximum Gasteiger partial charge on any atom is 0.329 e. The number of ether oxygens (including phenoxy) is 2. The molecule has 2 rings (SSSR count). The predicted octanol–water partition coefficient (Wildman–Crippen LogP) is 2.31. The molecule has 0 bridgehead atoms. The molecule has 1 aliphatic heterocycles. The molecule has 5 nitrogen and oxygen atoms in total. The summed E-state index contributed by atoms with van der Waals surface area (Å²) >= 11 is 0. The van der Waals surface area contributed by atoms with Gasteiger partial charge >= 0.3 is 5.97 Å². The summed E-state index contributed by atoms with van der Waals surface area (Å²) in [7, 11) is 0. The quantitative estimate of drug-likeness (QED) is 0.474. The van der Waals surface area contributed by atoms with Gasteiger partial charge in [0.1, 0.15) is 11.5 Å². The minimum Gasteiger partial charge on any atom is -0.494 e. The molecule has 0 unspecified atom stereocenters. The molecule has 0 fully saturated rings. The number of allylic oxidation sites excluding steroid dienone is 3. The van der Waals surface area contributed by atoms with Crippen LogP contribution in [0.1, 0.15) is 19.4 Å². The minimum absolute atomic E-state index is 0.203. The molecule has 0 saturated heterocycles. The van der Waals surface area contributed by atoms with Crippen LogP contribution in [-0.2, 0) is 19.1 Å². The summed E-state index contributed by atoms with van der Waals surface area (Å²) in [6.45, 7) is 3.96. The lowest BCUT2D eigenvalue weighted by Crippen LogP contribution is -2.34. The molecule has 0 amide bonds. The Morgan fingerprint density at radius 2 is 1.95 bits per heavy atom. The van der Waals surface area contributed by atoms with E-state index in [4.69, 9.17) is 9.47 Å². The van der Waals surface area contributed by atoms with Crippen molar-refractivity contribution in [2.45, 2.75) is 13.8 Å². The maximum atomic E-state index is 12.0. The number of hydrogen-bond donors (Lipinski definition) is 0. The zero-order chi connectivity index (χ0) is 16.1. The van der Waals surface area contributed by atoms with Gasteiger partial charge in [0, 0.05) is 6.08 Å². The van der Waals surface area contributed by atoms with Crippen LogP contribution in [0.4, 0.5) is 0 Å². The van der Waals surface area contributed by atoms with Crippen molar-refractivity contribution in [3.05, 3.63) is 47.7 Å². The van der Waals surface area contributed by atoms with E-state index in [0.29, 0.717) is 6.61 Å². The fourth-order valence-electron chi connectivity index (χ4n) is 2.02. The third-order valence-electron chi connectivity index (χ3n) is 3.04. The van der Waals surface area contributed by atoms with Crippen LogP contribution < -0.4 is 4.74 Å². The van der Waals surface area contributed by atoms with E-state index in [1.807, 2.05) is 6.92 Å². The highest BCUT2D eigenvalue weighted by atomic mass is 16.5. The third-order valence-corrected chi connectivity index (χ3v) is 3.04. The molecule has 1 aromatic carbocycles. The van der Waals surface area contributed by atoms with Gasteiger partial charge in [-0.05, 0) is 37.6 Å². The van der Waals surface area contributed by atoms with Crippen LogP contribution in [0.15, 0.2) is 42.2 Å². The number of esters is 1. The van der Waals surface area contributed by atoms with Crippen LogP contribution in [0.3, 0.4) is 0 Å². The summed E-state index contributed by atoms with van der Waals surface area (Å²) in [5, 5.41) is 0. The molecule has 0 saturated carbocycles. The lowest BCUT2D eigenvalue weighted by Gasteiger charge is -2.15. The van der Waals surface area contributed by atoms with E-state index in [0.717, 1.165) is 17.4 Å². The summed E-state index contributed by atoms with van der Waals surface area (Å²) in [6, 6.07) is 7.11. The molecule has 1 heterocycles. The fourth-order valence-corrected chi connectivity index (χ4v) is 2.02. The van der Waals surface area contributed by atoms with Crippen molar-refractivity contribution < 1.29 is 23.9 Å². The molecule has 1 aromatic rings. The van der Waals surface area contributed by atoms with Crippen LogP contribution in [0.25, 0.3) is 6.08 Å². The Hall–Kier alpha value is -2.69. The zero-order valence-electron chi connectivity index (χ0n) is 12.4. The van der Waals surface area contributed by atoms with Gasteiger partial charge in [-0.1, -0.05) is 18.2 Å². The van der Waals surface area contributed by atoms with Crippen molar-refractivity contribution in [3.63, 3.8) is 0 Å². The van der Waals surface area contributed by atoms with Crippen molar-refractivity contribution in [2.24, 2.45) is 5.92 Å². The highest BCUT2D eigenvalue weighted by Crippen LogP contribution is 2.17. The van der Waals surface area contributed by atoms with E-state index < -0.39 is 23.5 Å². The Morgan fingerprint density at radius 1 is 1.27 bits per heavy atom. The zero-order valence-corrected chi connectivity index (χ0v) is 12.4. The van der Waals surface area contributed by atoms with Crippen molar-refractivity contribution >= 4 is 23.6 Å². The normalized spacial score (nSPS) is 18.1. The minimum atomic E-state index is -1.40. The fraction of sp³-hybridized carbons (Fsp3) is 0.235. The largest absolute Gasteiger partial charge is 0.494 e. The third kappa shape index (κ3) is 3.69. The monoisotopic (exact) mass is 300 g/mol. The molecule has 0 radical (unpaired) electrons. The summed E-state index contributed by atoms with van der Waals surface area (Å²) < 4.78 is 10.1. The van der Waals surface area contributed by atoms with E-state index in [2.05, 4.69) is 0 Å². The number of hydrogen-bond acceptors (Lipinski definition) is 5. The van der Waals surface area contributed by atoms with Gasteiger partial charge in [0.05, 0.1) is 6.61 Å². The second kappa shape index (κ2) is 6.85. The number of rotatable bonds is 5. The average molecular weight is 300 g/mol. The summed E-state index contributed by atoms with van der Waals surface area (Å²) in [4.78, 5) is 35.4. The van der Waals surface area contributed by atoms with Crippen LogP contribution in [0.5, 0.6) is 5.75 Å². The van der Waals surface area contributed by atoms with E-state index in [1.54, 1.807) is 30.3 Å². The second-order valence-corrected chi connectivity index (χ2v) is 4.75. The Morgan fingerprint density at radius 3 is 2.55 bits per heavy atom. The number of cyclic esters (lactones) is 1. The van der Waals surface area contributed by atoms with Crippen molar-refractivity contribution in [3.8, 4) is 5.75 Å². The molecule has 1 atom stereocenters. The van der Waals surface area contributed by atoms with Crippen molar-refractivity contribution in [1.29, 1.82) is 0 Å². The van der Waals surface area contributed by atoms with Crippen LogP contribution >= 0.6 is 0 Å². The van der Waals surface area contributed by atoms with Crippen LogP contribution in [-0.4, -0.2) is 24.1 Å². The van der Waals surface area contributed by atoms with Gasteiger partial charge in [-0.3, -0.25) is 14.4 Å². The van der Waals surface area contributed by atoms with Crippen LogP contribution in [0.2, 0.25) is 0 Å². The molecular formula is C17H16O5. The Bertz CT molecular complexity index is 652. The van der Waals surface area contributed by atoms with Gasteiger partial charge in [0.2, 0.25) is 0 Å². The lowest BCUT2D eigenvalue weighted by atomic mass is 9.96. The molecule has 1 aliphatic rings. The molecule has 0 aromatic heterocycles. The lowest BCUT2D eigenvalue weighted by molar-refractivity contribution is -0.151. The van der Waals surface area contributed by atoms with Crippen LogP contribution in [0, 0.1) is 5.92 Å². The Balaban J connectivity index is 2.08. The first-order valence-corrected chi connectivity index (χ1v) is 6.90. The Kier molecular flexibility index (Phi) is 4.88. The van der Waals surface area contributed by atoms with Gasteiger partial charge in [0.25, 0.3) is 0 Å². The van der Waals surface area contributed by atoms with Gasteiger partial charge in [-0.15, -0.1) is 0 Å². The van der Waals surface area contributed by atoms with Gasteiger partial charge in [0.15, 0.2) is 17.5 Å². The van der Waals surface area contributed by atoms with Gasteiger partial charge < -0.3 is 9.47 Å². The van der Waals surface area contributed by atoms with E-state index in [-0.39, 0.29) is 5.76 Å². The number of benzene rings is 1. The molecule has 0 N–H and O–H groups in total. The highest BCUT2D eigenvalue weighted by Gasteiger charge is 2.36. The standard InChI is InChI=1S/C17H16O5/c1-3-21-13-7-4-12(5-8-13)6-9-14(18)16-15(19)10-11(2)22-17(16)20/h4-10,16H,3H2,1-2H3/b9-6+/t16-/m1/s1. The SMILES string of the molecule is CCOc1ccc(/C=C/C(=O)[C@@H]2C(=O)C=C(C)OC2=O)cc1. The smallest absolute Gasteiger partial charge is 0.329 e. The van der Waals surface area contributed by atoms with E-state index in [1.165, 1.54) is 13.0 Å². The first kappa shape index (κ1) is 15.7. The van der Waals surface area contributed by atoms with Crippen molar-refractivity contribution in [1.82, 2.24) is 0 Å². The first-order chi connectivity index (χ1) is 10.5. The second-order valence-electron chi connectivity index (χ2n) is 4.75. The highest BCUT2D eigenvalue weighted by molar-refractivity contribution is 6.25. The predicted molar refractivity (Wildman–Crippen MR) is 80.0 cm³/mol. The van der Waals surface area contributed by atoms with Gasteiger partial charge in [-0.25, -0.2) is 0 Å². The number of ketones is 2. The Labute approximate surface area is 128 Å². The van der Waals surface area contributed by atoms with E-state index >= 15 is 0 Å². The maximum absolute atomic E-state index is 12.0. The molecule has 0 spiro atoms. The molecule has 114 valence electrons. The van der Waals surface area contributed by atoms with E-state index in [9.17, 15) is 14.4 Å². The summed E-state index contributed by atoms with van der Waals surface area (Å²) in [6.07, 6.45) is 3.92. The first-order valence-electron chi connectivity index (χ1n) is 6.90. The molecular weight excluding hydrogens is 284 g/mol. The van der Waals surface area contributed by atoms with Crippen molar-refractivity contribution in [2.75, 3.05) is 6.61 Å². The molecule has 0 aliphatic carbocycles. The topological polar surface area (TPSA) is 69.7 Å².